The Morgan fingerprint density at radius 1 is 1.25 bits per heavy atom. The van der Waals surface area contributed by atoms with E-state index in [2.05, 4.69) is 30.2 Å². The van der Waals surface area contributed by atoms with Crippen molar-refractivity contribution in [2.24, 2.45) is 5.92 Å². The van der Waals surface area contributed by atoms with Gasteiger partial charge in [-0.1, -0.05) is 36.3 Å². The van der Waals surface area contributed by atoms with Crippen LogP contribution in [0.2, 0.25) is 0 Å². The second-order valence-corrected chi connectivity index (χ2v) is 3.39. The van der Waals surface area contributed by atoms with Crippen molar-refractivity contribution < 1.29 is 0 Å². The van der Waals surface area contributed by atoms with Crippen molar-refractivity contribution in [2.45, 2.75) is 18.8 Å². The van der Waals surface area contributed by atoms with E-state index in [1.165, 1.54) is 18.4 Å². The number of benzene rings is 1. The third kappa shape index (κ3) is 1.36. The summed E-state index contributed by atoms with van der Waals surface area (Å²) < 4.78 is 0. The largest absolute Gasteiger partial charge is 0.119 e. The van der Waals surface area contributed by atoms with Gasteiger partial charge in [0.25, 0.3) is 0 Å². The molecular formula is C12H12. The normalized spacial score (nSPS) is 18.2. The lowest BCUT2D eigenvalue weighted by Crippen LogP contribution is -1.96. The molecule has 0 aliphatic heterocycles. The van der Waals surface area contributed by atoms with Gasteiger partial charge in [-0.2, -0.15) is 0 Å². The molecular weight excluding hydrogens is 144 g/mol. The highest BCUT2D eigenvalue weighted by Crippen LogP contribution is 2.41. The maximum atomic E-state index is 5.50. The molecule has 0 heteroatoms. The fourth-order valence-corrected chi connectivity index (χ4v) is 1.59. The molecule has 0 heterocycles. The van der Waals surface area contributed by atoms with Crippen LogP contribution in [0, 0.1) is 18.3 Å². The molecule has 2 rings (SSSR count). The molecule has 12 heavy (non-hydrogen) atoms. The molecule has 0 N–H and O–H groups in total. The maximum absolute atomic E-state index is 5.50. The quantitative estimate of drug-likeness (QED) is 0.577. The predicted octanol–water partition coefficient (Wildman–Crippen LogP) is 2.81. The topological polar surface area (TPSA) is 0 Å². The summed E-state index contributed by atoms with van der Waals surface area (Å²) in [4.78, 5) is 0. The van der Waals surface area contributed by atoms with Gasteiger partial charge in [0.15, 0.2) is 0 Å². The van der Waals surface area contributed by atoms with Crippen LogP contribution in [0.3, 0.4) is 0 Å². The first-order valence-electron chi connectivity index (χ1n) is 4.43. The Hall–Kier alpha value is -1.22. The molecule has 1 aromatic carbocycles. The van der Waals surface area contributed by atoms with E-state index >= 15 is 0 Å². The second kappa shape index (κ2) is 3.03. The summed E-state index contributed by atoms with van der Waals surface area (Å²) in [6.07, 6.45) is 8.11. The van der Waals surface area contributed by atoms with Crippen molar-refractivity contribution in [1.29, 1.82) is 0 Å². The summed E-state index contributed by atoms with van der Waals surface area (Å²) in [5.41, 5.74) is 1.31. The lowest BCUT2D eigenvalue weighted by atomic mass is 9.95. The Balaban J connectivity index is 2.23. The van der Waals surface area contributed by atoms with E-state index in [4.69, 9.17) is 6.42 Å². The van der Waals surface area contributed by atoms with Gasteiger partial charge in [-0.3, -0.25) is 0 Å². The van der Waals surface area contributed by atoms with Gasteiger partial charge >= 0.3 is 0 Å². The molecule has 0 bridgehead atoms. The average molecular weight is 156 g/mol. The minimum Gasteiger partial charge on any atom is -0.119 e. The fraction of sp³-hybridized carbons (Fsp3) is 0.333. The van der Waals surface area contributed by atoms with Gasteiger partial charge in [-0.25, -0.2) is 0 Å². The van der Waals surface area contributed by atoms with E-state index in [1.807, 2.05) is 6.07 Å². The lowest BCUT2D eigenvalue weighted by Gasteiger charge is -2.08. The van der Waals surface area contributed by atoms with Gasteiger partial charge < -0.3 is 0 Å². The van der Waals surface area contributed by atoms with E-state index in [9.17, 15) is 0 Å². The molecule has 1 aliphatic rings. The highest BCUT2D eigenvalue weighted by Gasteiger charge is 2.30. The molecule has 1 aromatic rings. The maximum Gasteiger partial charge on any atom is 0.0477 e. The first-order chi connectivity index (χ1) is 5.92. The van der Waals surface area contributed by atoms with Crippen molar-refractivity contribution in [3.8, 4) is 12.3 Å². The van der Waals surface area contributed by atoms with E-state index < -0.39 is 0 Å². The first-order valence-corrected chi connectivity index (χ1v) is 4.43. The summed E-state index contributed by atoms with van der Waals surface area (Å²) >= 11 is 0. The third-order valence-corrected chi connectivity index (χ3v) is 2.43. The lowest BCUT2D eigenvalue weighted by molar-refractivity contribution is 0.750. The number of terminal acetylenes is 1. The average Bonchev–Trinajstić information content (AvgIpc) is 2.92. The first kappa shape index (κ1) is 7.43. The highest BCUT2D eigenvalue weighted by atomic mass is 14.3. The zero-order valence-corrected chi connectivity index (χ0v) is 7.03. The van der Waals surface area contributed by atoms with Crippen LogP contribution in [0.15, 0.2) is 30.3 Å². The highest BCUT2D eigenvalue weighted by molar-refractivity contribution is 5.28. The zero-order chi connectivity index (χ0) is 8.39. The molecule has 0 nitrogen and oxygen atoms in total. The Morgan fingerprint density at radius 3 is 2.42 bits per heavy atom. The van der Waals surface area contributed by atoms with Crippen LogP contribution in [0.4, 0.5) is 0 Å². The number of rotatable bonds is 2. The van der Waals surface area contributed by atoms with E-state index in [0.29, 0.717) is 5.92 Å². The van der Waals surface area contributed by atoms with E-state index in [1.54, 1.807) is 0 Å². The van der Waals surface area contributed by atoms with Crippen LogP contribution in [0.25, 0.3) is 0 Å². The van der Waals surface area contributed by atoms with Gasteiger partial charge in [-0.15, -0.1) is 6.42 Å². The zero-order valence-electron chi connectivity index (χ0n) is 7.03. The molecule has 1 unspecified atom stereocenters. The molecule has 0 saturated heterocycles. The Morgan fingerprint density at radius 2 is 1.92 bits per heavy atom. The van der Waals surface area contributed by atoms with Crippen molar-refractivity contribution in [1.82, 2.24) is 0 Å². The molecule has 1 saturated carbocycles. The molecule has 60 valence electrons. The van der Waals surface area contributed by atoms with Gasteiger partial charge in [0.2, 0.25) is 0 Å². The van der Waals surface area contributed by atoms with Crippen molar-refractivity contribution in [3.63, 3.8) is 0 Å². The summed E-state index contributed by atoms with van der Waals surface area (Å²) in [7, 11) is 0. The van der Waals surface area contributed by atoms with Gasteiger partial charge in [-0.05, 0) is 24.3 Å². The molecule has 0 spiro atoms. The molecule has 0 radical (unpaired) electrons. The second-order valence-electron chi connectivity index (χ2n) is 3.39. The van der Waals surface area contributed by atoms with Gasteiger partial charge in [0, 0.05) is 5.92 Å². The van der Waals surface area contributed by atoms with Crippen molar-refractivity contribution in [3.05, 3.63) is 35.9 Å². The molecule has 0 amide bonds. The summed E-state index contributed by atoms with van der Waals surface area (Å²) in [6, 6.07) is 10.4. The molecule has 0 aromatic heterocycles. The van der Waals surface area contributed by atoms with E-state index in [-0.39, 0.29) is 0 Å². The van der Waals surface area contributed by atoms with Crippen LogP contribution in [0.1, 0.15) is 24.3 Å². The minimum atomic E-state index is 0.367. The van der Waals surface area contributed by atoms with Gasteiger partial charge in [0.05, 0.1) is 0 Å². The predicted molar refractivity (Wildman–Crippen MR) is 50.7 cm³/mol. The standard InChI is InChI=1S/C12H12/c1-2-12(11-8-9-11)10-6-4-3-5-7-10/h1,3-7,11-12H,8-9H2. The minimum absolute atomic E-state index is 0.367. The Labute approximate surface area is 73.6 Å². The SMILES string of the molecule is C#CC(c1ccccc1)C1CC1. The van der Waals surface area contributed by atoms with Crippen LogP contribution < -0.4 is 0 Å². The summed E-state index contributed by atoms with van der Waals surface area (Å²) in [5, 5.41) is 0. The number of hydrogen-bond donors (Lipinski definition) is 0. The molecule has 1 fully saturated rings. The summed E-state index contributed by atoms with van der Waals surface area (Å²) in [5.74, 6) is 4.01. The van der Waals surface area contributed by atoms with Crippen LogP contribution in [-0.4, -0.2) is 0 Å². The van der Waals surface area contributed by atoms with Crippen LogP contribution >= 0.6 is 0 Å². The Bertz CT molecular complexity index is 288. The van der Waals surface area contributed by atoms with Crippen LogP contribution in [-0.2, 0) is 0 Å². The molecule has 1 atom stereocenters. The van der Waals surface area contributed by atoms with Crippen molar-refractivity contribution in [2.75, 3.05) is 0 Å². The number of hydrogen-bond acceptors (Lipinski definition) is 0. The monoisotopic (exact) mass is 156 g/mol. The van der Waals surface area contributed by atoms with Crippen LogP contribution in [0.5, 0.6) is 0 Å². The molecule has 1 aliphatic carbocycles. The Kier molecular flexibility index (Phi) is 1.87. The van der Waals surface area contributed by atoms with Crippen molar-refractivity contribution >= 4 is 0 Å². The third-order valence-electron chi connectivity index (χ3n) is 2.43. The van der Waals surface area contributed by atoms with E-state index in [0.717, 1.165) is 5.92 Å². The van der Waals surface area contributed by atoms with Gasteiger partial charge in [0.1, 0.15) is 0 Å². The summed E-state index contributed by atoms with van der Waals surface area (Å²) in [6.45, 7) is 0. The fourth-order valence-electron chi connectivity index (χ4n) is 1.59. The smallest absolute Gasteiger partial charge is 0.0477 e.